The lowest BCUT2D eigenvalue weighted by atomic mass is 10.1. The Labute approximate surface area is 157 Å². The minimum Gasteiger partial charge on any atom is -0.316 e. The van der Waals surface area contributed by atoms with Gasteiger partial charge in [0.1, 0.15) is 11.3 Å². The highest BCUT2D eigenvalue weighted by Gasteiger charge is 2.42. The maximum Gasteiger partial charge on any atom is 0.160 e. The standard InChI is InChI=1S/C20H23N7/c1-11-6-17(23-20-19(11)22-12(2)26(20)4)18-8-16(24-27(18)5)15-7-14(15)13-9-21-25(3)10-13/h6,8-10,14-15H,7H2,1-5H3/t14-,15+/m0/s1. The summed E-state index contributed by atoms with van der Waals surface area (Å²) in [5, 5.41) is 9.09. The highest BCUT2D eigenvalue weighted by atomic mass is 15.3. The monoisotopic (exact) mass is 361 g/mol. The van der Waals surface area contributed by atoms with E-state index in [1.807, 2.05) is 48.2 Å². The molecule has 4 aromatic heterocycles. The molecule has 27 heavy (non-hydrogen) atoms. The SMILES string of the molecule is Cc1cc(-c2cc([C@@H]3C[C@H]3c3cnn(C)c3)nn2C)nc2c1nc(C)n2C. The number of rotatable bonds is 3. The molecule has 7 nitrogen and oxygen atoms in total. The smallest absolute Gasteiger partial charge is 0.160 e. The zero-order valence-electron chi connectivity index (χ0n) is 16.3. The van der Waals surface area contributed by atoms with Crippen LogP contribution in [-0.4, -0.2) is 34.1 Å². The molecule has 0 bridgehead atoms. The van der Waals surface area contributed by atoms with Gasteiger partial charge in [0.25, 0.3) is 0 Å². The van der Waals surface area contributed by atoms with Gasteiger partial charge in [-0.15, -0.1) is 0 Å². The predicted molar refractivity (Wildman–Crippen MR) is 103 cm³/mol. The van der Waals surface area contributed by atoms with Crippen LogP contribution in [0, 0.1) is 13.8 Å². The van der Waals surface area contributed by atoms with E-state index in [0.29, 0.717) is 11.8 Å². The Bertz CT molecular complexity index is 1180. The van der Waals surface area contributed by atoms with Crippen molar-refractivity contribution in [3.63, 3.8) is 0 Å². The number of hydrogen-bond acceptors (Lipinski definition) is 4. The molecule has 0 N–H and O–H groups in total. The third-order valence-corrected chi connectivity index (χ3v) is 5.73. The number of fused-ring (bicyclic) bond motifs is 1. The van der Waals surface area contributed by atoms with Crippen LogP contribution in [0.5, 0.6) is 0 Å². The molecule has 7 heteroatoms. The molecule has 0 spiro atoms. The molecule has 0 aromatic carbocycles. The zero-order valence-corrected chi connectivity index (χ0v) is 16.3. The van der Waals surface area contributed by atoms with Crippen molar-refractivity contribution in [3.05, 3.63) is 47.2 Å². The zero-order chi connectivity index (χ0) is 18.9. The quantitative estimate of drug-likeness (QED) is 0.563. The van der Waals surface area contributed by atoms with E-state index in [0.717, 1.165) is 46.1 Å². The van der Waals surface area contributed by atoms with Gasteiger partial charge in [-0.25, -0.2) is 9.97 Å². The van der Waals surface area contributed by atoms with E-state index < -0.39 is 0 Å². The van der Waals surface area contributed by atoms with Crippen LogP contribution in [0.1, 0.15) is 40.9 Å². The molecule has 0 saturated heterocycles. The summed E-state index contributed by atoms with van der Waals surface area (Å²) in [6.45, 7) is 4.10. The Balaban J connectivity index is 1.52. The molecule has 1 saturated carbocycles. The molecule has 1 fully saturated rings. The second kappa shape index (κ2) is 5.52. The molecule has 4 heterocycles. The number of nitrogens with zero attached hydrogens (tertiary/aromatic N) is 7. The van der Waals surface area contributed by atoms with Gasteiger partial charge in [-0.3, -0.25) is 9.36 Å². The fourth-order valence-corrected chi connectivity index (χ4v) is 3.97. The summed E-state index contributed by atoms with van der Waals surface area (Å²) < 4.78 is 5.86. The van der Waals surface area contributed by atoms with E-state index in [9.17, 15) is 0 Å². The molecular weight excluding hydrogens is 338 g/mol. The van der Waals surface area contributed by atoms with Crippen LogP contribution in [0.4, 0.5) is 0 Å². The summed E-state index contributed by atoms with van der Waals surface area (Å²) in [6.07, 6.45) is 5.21. The first-order valence-corrected chi connectivity index (χ1v) is 9.26. The molecule has 2 atom stereocenters. The second-order valence-corrected chi connectivity index (χ2v) is 7.69. The van der Waals surface area contributed by atoms with Crippen LogP contribution in [0.3, 0.4) is 0 Å². The molecular formula is C20H23N7. The number of aromatic nitrogens is 7. The van der Waals surface area contributed by atoms with Gasteiger partial charge in [0.15, 0.2) is 5.65 Å². The van der Waals surface area contributed by atoms with Crippen LogP contribution in [0.25, 0.3) is 22.6 Å². The lowest BCUT2D eigenvalue weighted by Crippen LogP contribution is -1.98. The van der Waals surface area contributed by atoms with Crippen LogP contribution in [0.2, 0.25) is 0 Å². The number of imidazole rings is 1. The van der Waals surface area contributed by atoms with Gasteiger partial charge >= 0.3 is 0 Å². The van der Waals surface area contributed by atoms with Crippen LogP contribution < -0.4 is 0 Å². The lowest BCUT2D eigenvalue weighted by molar-refractivity contribution is 0.745. The molecule has 0 aliphatic heterocycles. The molecule has 0 amide bonds. The van der Waals surface area contributed by atoms with Crippen molar-refractivity contribution in [1.29, 1.82) is 0 Å². The Morgan fingerprint density at radius 2 is 1.85 bits per heavy atom. The van der Waals surface area contributed by atoms with E-state index in [1.54, 1.807) is 0 Å². The number of aryl methyl sites for hydroxylation is 5. The van der Waals surface area contributed by atoms with Crippen molar-refractivity contribution in [2.75, 3.05) is 0 Å². The van der Waals surface area contributed by atoms with Gasteiger partial charge in [0.2, 0.25) is 0 Å². The van der Waals surface area contributed by atoms with E-state index >= 15 is 0 Å². The van der Waals surface area contributed by atoms with Gasteiger partial charge in [-0.2, -0.15) is 10.2 Å². The molecule has 138 valence electrons. The maximum atomic E-state index is 4.89. The number of hydrogen-bond donors (Lipinski definition) is 0. The van der Waals surface area contributed by atoms with Gasteiger partial charge in [0, 0.05) is 33.3 Å². The summed E-state index contributed by atoms with van der Waals surface area (Å²) in [4.78, 5) is 9.52. The molecule has 0 radical (unpaired) electrons. The normalized spacial score (nSPS) is 19.1. The van der Waals surface area contributed by atoms with Gasteiger partial charge in [0.05, 0.1) is 23.3 Å². The summed E-state index contributed by atoms with van der Waals surface area (Å²) in [5.41, 5.74) is 7.47. The lowest BCUT2D eigenvalue weighted by Gasteiger charge is -2.04. The molecule has 1 aliphatic carbocycles. The van der Waals surface area contributed by atoms with Gasteiger partial charge in [-0.1, -0.05) is 0 Å². The van der Waals surface area contributed by atoms with E-state index in [4.69, 9.17) is 10.1 Å². The Hall–Kier alpha value is -2.96. The summed E-state index contributed by atoms with van der Waals surface area (Å²) in [7, 11) is 5.97. The molecule has 1 aliphatic rings. The summed E-state index contributed by atoms with van der Waals surface area (Å²) in [6, 6.07) is 4.30. The first-order chi connectivity index (χ1) is 12.9. The fourth-order valence-electron chi connectivity index (χ4n) is 3.97. The van der Waals surface area contributed by atoms with Crippen molar-refractivity contribution in [2.45, 2.75) is 32.1 Å². The molecule has 4 aromatic rings. The third kappa shape index (κ3) is 2.49. The van der Waals surface area contributed by atoms with Gasteiger partial charge in [-0.05, 0) is 49.4 Å². The highest BCUT2D eigenvalue weighted by Crippen LogP contribution is 2.54. The first-order valence-electron chi connectivity index (χ1n) is 9.26. The summed E-state index contributed by atoms with van der Waals surface area (Å²) >= 11 is 0. The Morgan fingerprint density at radius 1 is 1.04 bits per heavy atom. The van der Waals surface area contributed by atoms with Crippen molar-refractivity contribution >= 4 is 11.2 Å². The highest BCUT2D eigenvalue weighted by molar-refractivity contribution is 5.79. The largest absolute Gasteiger partial charge is 0.316 e. The predicted octanol–water partition coefficient (Wildman–Crippen LogP) is 2.99. The topological polar surface area (TPSA) is 66.3 Å². The fraction of sp³-hybridized carbons (Fsp3) is 0.400. The Kier molecular flexibility index (Phi) is 3.32. The first kappa shape index (κ1) is 16.2. The van der Waals surface area contributed by atoms with Gasteiger partial charge < -0.3 is 4.57 Å². The van der Waals surface area contributed by atoms with Crippen LogP contribution in [-0.2, 0) is 21.1 Å². The maximum absolute atomic E-state index is 4.89. The van der Waals surface area contributed by atoms with Crippen molar-refractivity contribution in [3.8, 4) is 11.4 Å². The van der Waals surface area contributed by atoms with Crippen LogP contribution in [0.15, 0.2) is 24.5 Å². The summed E-state index contributed by atoms with van der Waals surface area (Å²) in [5.74, 6) is 1.97. The van der Waals surface area contributed by atoms with E-state index in [2.05, 4.69) is 35.3 Å². The average molecular weight is 361 g/mol. The van der Waals surface area contributed by atoms with Crippen molar-refractivity contribution in [2.24, 2.45) is 21.1 Å². The molecule has 5 rings (SSSR count). The Morgan fingerprint density at radius 3 is 2.59 bits per heavy atom. The third-order valence-electron chi connectivity index (χ3n) is 5.73. The minimum atomic E-state index is 0.470. The van der Waals surface area contributed by atoms with Crippen molar-refractivity contribution in [1.82, 2.24) is 34.1 Å². The van der Waals surface area contributed by atoms with E-state index in [1.165, 1.54) is 5.56 Å². The minimum absolute atomic E-state index is 0.470. The second-order valence-electron chi connectivity index (χ2n) is 7.69. The molecule has 0 unspecified atom stereocenters. The average Bonchev–Trinajstić information content (AvgIpc) is 3.01. The van der Waals surface area contributed by atoms with Crippen LogP contribution >= 0.6 is 0 Å². The van der Waals surface area contributed by atoms with Crippen molar-refractivity contribution < 1.29 is 0 Å². The number of pyridine rings is 1. The van der Waals surface area contributed by atoms with E-state index in [-0.39, 0.29) is 0 Å².